The first kappa shape index (κ1) is 56.7. The van der Waals surface area contributed by atoms with Crippen LogP contribution in [0.5, 0.6) is 0 Å². The first-order valence-corrected chi connectivity index (χ1v) is 26.2. The number of methoxy groups -OCH3 is 1. The number of allylic oxidation sites excluding steroid dienone is 2. The third kappa shape index (κ3) is 9.63. The van der Waals surface area contributed by atoms with E-state index < -0.39 is 147 Å². The molecular weight excluding hydrogens is 961 g/mol. The Labute approximate surface area is 426 Å². The number of fused-ring (bicyclic) bond motifs is 7. The first-order valence-electron chi connectivity index (χ1n) is 26.2. The van der Waals surface area contributed by atoms with Crippen LogP contribution in [0.3, 0.4) is 0 Å². The highest BCUT2D eigenvalue weighted by atomic mass is 16.8. The molecule has 0 radical (unpaired) electrons. The number of carbonyl (C=O) groups excluding carboxylic acids is 3. The molecule has 3 unspecified atom stereocenters. The molecule has 21 heteroatoms. The van der Waals surface area contributed by atoms with Crippen LogP contribution in [0.1, 0.15) is 119 Å². The molecule has 0 bridgehead atoms. The molecule has 3 aliphatic heterocycles. The van der Waals surface area contributed by atoms with E-state index >= 15 is 4.79 Å². The van der Waals surface area contributed by atoms with Gasteiger partial charge in [-0.05, 0) is 111 Å². The molecule has 24 atom stereocenters. The van der Waals surface area contributed by atoms with Crippen LogP contribution in [0.15, 0.2) is 11.6 Å². The summed E-state index contributed by atoms with van der Waals surface area (Å²) in [4.78, 5) is 39.6. The fourth-order valence-electron chi connectivity index (χ4n) is 15.3. The number of hydrogen-bond acceptors (Lipinski definition) is 21. The number of carbonyl (C=O) groups is 3. The van der Waals surface area contributed by atoms with Crippen LogP contribution in [-0.4, -0.2) is 194 Å². The normalized spacial score (nSPS) is 50.4. The summed E-state index contributed by atoms with van der Waals surface area (Å²) in [5.74, 6) is -2.03. The van der Waals surface area contributed by atoms with Crippen molar-refractivity contribution in [2.45, 2.75) is 217 Å². The lowest BCUT2D eigenvalue weighted by molar-refractivity contribution is -0.361. The minimum absolute atomic E-state index is 0.00845. The summed E-state index contributed by atoms with van der Waals surface area (Å²) in [6.45, 7) is 13.4. The minimum atomic E-state index is -1.87. The largest absolute Gasteiger partial charge is 0.469 e. The van der Waals surface area contributed by atoms with Gasteiger partial charge in [-0.15, -0.1) is 0 Å². The van der Waals surface area contributed by atoms with Crippen molar-refractivity contribution < 1.29 is 103 Å². The maximum atomic E-state index is 15.1. The van der Waals surface area contributed by atoms with Gasteiger partial charge in [-0.25, -0.2) is 0 Å². The van der Waals surface area contributed by atoms with Crippen molar-refractivity contribution in [3.8, 4) is 0 Å². The summed E-state index contributed by atoms with van der Waals surface area (Å²) in [7, 11) is 1.21. The van der Waals surface area contributed by atoms with Gasteiger partial charge in [-0.3, -0.25) is 14.4 Å². The van der Waals surface area contributed by atoms with Crippen molar-refractivity contribution in [1.82, 2.24) is 0 Å². The standard InChI is InChI=1S/C52H82O21/c1-24-34(57)36(59)39(62)44(69-24)72-42-27(21-53)70-43(41(64)38(42)61)67-22-28-35(58)37(60)40(63)45(71-28)73-46(65)52-17-15-47(2,3)20-26(52)25-9-10-30-48(4)13-12-31(54)49(5,23-68-33(56)19-32(55)66-8)29(48)11-14-51(30,7)50(25,6)16-18-52/h9,24,26-31,34-45,53-54,57-64H,10-23H2,1-8H3/t24-,26?,27+,28+,29?,30?,31-,34-,35+,36+,37-,38+,39+,40+,41+,42+,43+,44-,45-,48-,49-,50+,51+,52-/m0/s1. The molecular formula is C52H82O21. The molecule has 73 heavy (non-hydrogen) atoms. The van der Waals surface area contributed by atoms with Crippen LogP contribution in [0.4, 0.5) is 0 Å². The number of rotatable bonds is 12. The Morgan fingerprint density at radius 2 is 1.33 bits per heavy atom. The lowest BCUT2D eigenvalue weighted by Crippen LogP contribution is -2.66. The summed E-state index contributed by atoms with van der Waals surface area (Å²) in [6.07, 6.45) is -16.7. The van der Waals surface area contributed by atoms with Crippen LogP contribution in [-0.2, 0) is 52.3 Å². The van der Waals surface area contributed by atoms with Crippen LogP contribution in [0, 0.1) is 50.2 Å². The smallest absolute Gasteiger partial charge is 0.317 e. The Hall–Kier alpha value is -2.45. The second-order valence-electron chi connectivity index (χ2n) is 24.6. The fourth-order valence-corrected chi connectivity index (χ4v) is 15.3. The van der Waals surface area contributed by atoms with E-state index in [0.717, 1.165) is 25.7 Å². The Kier molecular flexibility index (Phi) is 16.1. The second-order valence-corrected chi connectivity index (χ2v) is 24.6. The zero-order valence-electron chi connectivity index (χ0n) is 43.4. The zero-order valence-corrected chi connectivity index (χ0v) is 43.4. The molecule has 0 aromatic heterocycles. The Morgan fingerprint density at radius 1 is 0.685 bits per heavy atom. The molecule has 3 heterocycles. The molecule has 416 valence electrons. The average molecular weight is 1040 g/mol. The molecule has 0 aromatic rings. The van der Waals surface area contributed by atoms with Crippen LogP contribution >= 0.6 is 0 Å². The first-order chi connectivity index (χ1) is 34.1. The van der Waals surface area contributed by atoms with Crippen LogP contribution in [0.25, 0.3) is 0 Å². The van der Waals surface area contributed by atoms with Gasteiger partial charge in [0, 0.05) is 5.41 Å². The van der Waals surface area contributed by atoms with E-state index in [2.05, 4.69) is 45.4 Å². The highest BCUT2D eigenvalue weighted by molar-refractivity contribution is 5.91. The van der Waals surface area contributed by atoms with Crippen molar-refractivity contribution in [3.63, 3.8) is 0 Å². The van der Waals surface area contributed by atoms with Gasteiger partial charge in [0.05, 0.1) is 44.6 Å². The van der Waals surface area contributed by atoms with Crippen molar-refractivity contribution >= 4 is 17.9 Å². The summed E-state index contributed by atoms with van der Waals surface area (Å²) < 4.78 is 45.2. The number of aliphatic hydroxyl groups excluding tert-OH is 10. The van der Waals surface area contributed by atoms with Gasteiger partial charge >= 0.3 is 17.9 Å². The lowest BCUT2D eigenvalue weighted by atomic mass is 9.33. The summed E-state index contributed by atoms with van der Waals surface area (Å²) in [6, 6.07) is 0. The van der Waals surface area contributed by atoms with Crippen molar-refractivity contribution in [2.75, 3.05) is 26.9 Å². The maximum absolute atomic E-state index is 15.1. The topological polar surface area (TPSA) is 327 Å². The Bertz CT molecular complexity index is 2050. The predicted octanol–water partition coefficient (Wildman–Crippen LogP) is 0.255. The molecule has 3 saturated heterocycles. The summed E-state index contributed by atoms with van der Waals surface area (Å²) >= 11 is 0. The van der Waals surface area contributed by atoms with Gasteiger partial charge in [0.2, 0.25) is 6.29 Å². The third-order valence-corrected chi connectivity index (χ3v) is 20.1. The quantitative estimate of drug-likeness (QED) is 0.0542. The van der Waals surface area contributed by atoms with E-state index in [1.54, 1.807) is 0 Å². The average Bonchev–Trinajstić information content (AvgIpc) is 3.34. The van der Waals surface area contributed by atoms with Crippen molar-refractivity contribution in [2.24, 2.45) is 50.2 Å². The number of aliphatic hydroxyl groups is 10. The van der Waals surface area contributed by atoms with Gasteiger partial charge in [0.25, 0.3) is 0 Å². The van der Waals surface area contributed by atoms with E-state index in [0.29, 0.717) is 38.5 Å². The third-order valence-electron chi connectivity index (χ3n) is 20.1. The van der Waals surface area contributed by atoms with Gasteiger partial charge in [-0.2, -0.15) is 0 Å². The minimum Gasteiger partial charge on any atom is -0.469 e. The number of esters is 3. The number of ether oxygens (including phenoxy) is 8. The van der Waals surface area contributed by atoms with Crippen LogP contribution < -0.4 is 0 Å². The van der Waals surface area contributed by atoms with Gasteiger partial charge in [0.1, 0.15) is 73.6 Å². The van der Waals surface area contributed by atoms with Gasteiger partial charge in [0.15, 0.2) is 12.6 Å². The molecule has 7 fully saturated rings. The highest BCUT2D eigenvalue weighted by Crippen LogP contribution is 2.76. The second kappa shape index (κ2) is 20.7. The zero-order chi connectivity index (χ0) is 53.5. The summed E-state index contributed by atoms with van der Waals surface area (Å²) in [5, 5.41) is 108. The van der Waals surface area contributed by atoms with Crippen molar-refractivity contribution in [1.29, 1.82) is 0 Å². The number of hydrogen-bond donors (Lipinski definition) is 10. The molecule has 5 aliphatic carbocycles. The fraction of sp³-hybridized carbons (Fsp3) is 0.904. The van der Waals surface area contributed by atoms with E-state index in [1.807, 2.05) is 6.92 Å². The monoisotopic (exact) mass is 1040 g/mol. The molecule has 8 rings (SSSR count). The predicted molar refractivity (Wildman–Crippen MR) is 251 cm³/mol. The van der Waals surface area contributed by atoms with Crippen LogP contribution in [0.2, 0.25) is 0 Å². The maximum Gasteiger partial charge on any atom is 0.317 e. The molecule has 0 aromatic carbocycles. The molecule has 4 saturated carbocycles. The highest BCUT2D eigenvalue weighted by Gasteiger charge is 2.70. The SMILES string of the molecule is COC(=O)CC(=O)OC[C@@]1(C)C2CC[C@]3(C)C(CC=C4C5CC(C)(C)CC[C@]5(C(=O)O[C@@H]5O[C@H](CO[C@@H]6O[C@H](CO)[C@@H](O[C@@H]7O[C@@H](C)[C@H](O)[C@@H](O)[C@H]7O)[C@H](O)[C@H]6O)[C@@H](O)[C@H](O)[C@H]5O)CC[C@]43C)[C@@]2(C)CC[C@@H]1O. The van der Waals surface area contributed by atoms with E-state index in [4.69, 9.17) is 33.2 Å². The van der Waals surface area contributed by atoms with E-state index in [-0.39, 0.29) is 46.0 Å². The van der Waals surface area contributed by atoms with E-state index in [9.17, 15) is 60.7 Å². The Morgan fingerprint density at radius 3 is 2.01 bits per heavy atom. The van der Waals surface area contributed by atoms with Crippen molar-refractivity contribution in [3.05, 3.63) is 11.6 Å². The molecule has 21 nitrogen and oxygen atoms in total. The lowest BCUT2D eigenvalue weighted by Gasteiger charge is -2.71. The molecule has 10 N–H and O–H groups in total. The Balaban J connectivity index is 0.973. The van der Waals surface area contributed by atoms with Gasteiger partial charge < -0.3 is 89.0 Å². The molecule has 0 spiro atoms. The van der Waals surface area contributed by atoms with E-state index in [1.165, 1.54) is 19.6 Å². The van der Waals surface area contributed by atoms with Gasteiger partial charge in [-0.1, -0.05) is 53.2 Å². The summed E-state index contributed by atoms with van der Waals surface area (Å²) in [5.41, 5.74) is -1.52. The molecule has 0 amide bonds. The molecule has 8 aliphatic rings.